The molecule has 0 radical (unpaired) electrons. The van der Waals surface area contributed by atoms with Crippen molar-refractivity contribution in [3.05, 3.63) is 76.0 Å². The van der Waals surface area contributed by atoms with E-state index in [4.69, 9.17) is 11.6 Å². The molecule has 0 saturated heterocycles. The number of aromatic nitrogens is 2. The van der Waals surface area contributed by atoms with Gasteiger partial charge in [0.1, 0.15) is 0 Å². The van der Waals surface area contributed by atoms with Crippen molar-refractivity contribution in [1.82, 2.24) is 9.97 Å². The number of anilines is 1. The van der Waals surface area contributed by atoms with Crippen molar-refractivity contribution in [1.29, 1.82) is 0 Å². The van der Waals surface area contributed by atoms with Gasteiger partial charge in [-0.15, -0.1) is 0 Å². The SMILES string of the molecule is C[C@H](Sc1nc(-c2ccccc2)cc(=O)[nH]1)C(=O)Nc1ccc(Cl)cc1. The summed E-state index contributed by atoms with van der Waals surface area (Å²) in [6, 6.07) is 17.7. The highest BCUT2D eigenvalue weighted by Gasteiger charge is 2.16. The van der Waals surface area contributed by atoms with E-state index in [0.717, 1.165) is 5.56 Å². The lowest BCUT2D eigenvalue weighted by Crippen LogP contribution is -2.23. The Bertz CT molecular complexity index is 959. The maximum atomic E-state index is 12.4. The average Bonchev–Trinajstić information content (AvgIpc) is 2.64. The lowest BCUT2D eigenvalue weighted by atomic mass is 10.1. The molecule has 1 atom stereocenters. The number of rotatable bonds is 5. The van der Waals surface area contributed by atoms with Crippen molar-refractivity contribution in [2.24, 2.45) is 0 Å². The molecule has 2 N–H and O–H groups in total. The molecule has 0 fully saturated rings. The lowest BCUT2D eigenvalue weighted by molar-refractivity contribution is -0.115. The molecular formula is C19H16ClN3O2S. The standard InChI is InChI=1S/C19H16ClN3O2S/c1-12(18(25)21-15-9-7-14(20)8-10-15)26-19-22-16(11-17(24)23-19)13-5-3-2-4-6-13/h2-12H,1H3,(H,21,25)(H,22,23,24)/t12-/m0/s1. The largest absolute Gasteiger partial charge is 0.325 e. The minimum atomic E-state index is -0.445. The number of thioether (sulfide) groups is 1. The summed E-state index contributed by atoms with van der Waals surface area (Å²) in [6.07, 6.45) is 0. The van der Waals surface area contributed by atoms with Crippen LogP contribution in [0.5, 0.6) is 0 Å². The van der Waals surface area contributed by atoms with Gasteiger partial charge in [-0.05, 0) is 31.2 Å². The molecule has 0 unspecified atom stereocenters. The predicted octanol–water partition coefficient (Wildman–Crippen LogP) is 4.21. The van der Waals surface area contributed by atoms with E-state index in [1.807, 2.05) is 30.3 Å². The zero-order chi connectivity index (χ0) is 18.5. The lowest BCUT2D eigenvalue weighted by Gasteiger charge is -2.12. The Labute approximate surface area is 159 Å². The highest BCUT2D eigenvalue weighted by atomic mass is 35.5. The van der Waals surface area contributed by atoms with E-state index in [2.05, 4.69) is 15.3 Å². The van der Waals surface area contributed by atoms with Gasteiger partial charge < -0.3 is 10.3 Å². The summed E-state index contributed by atoms with van der Waals surface area (Å²) in [6.45, 7) is 1.76. The van der Waals surface area contributed by atoms with Crippen molar-refractivity contribution >= 4 is 35.0 Å². The molecule has 1 aromatic heterocycles. The summed E-state index contributed by atoms with van der Waals surface area (Å²) >= 11 is 7.03. The smallest absolute Gasteiger partial charge is 0.252 e. The summed E-state index contributed by atoms with van der Waals surface area (Å²) in [7, 11) is 0. The number of hydrogen-bond donors (Lipinski definition) is 2. The molecule has 0 aliphatic rings. The van der Waals surface area contributed by atoms with E-state index in [1.54, 1.807) is 31.2 Å². The van der Waals surface area contributed by atoms with Gasteiger partial charge in [-0.1, -0.05) is 53.7 Å². The van der Waals surface area contributed by atoms with Crippen molar-refractivity contribution < 1.29 is 4.79 Å². The van der Waals surface area contributed by atoms with Gasteiger partial charge in [-0.25, -0.2) is 4.98 Å². The number of hydrogen-bond acceptors (Lipinski definition) is 4. The number of carbonyl (C=O) groups excluding carboxylic acids is 1. The number of H-pyrrole nitrogens is 1. The Balaban J connectivity index is 1.73. The maximum absolute atomic E-state index is 12.4. The zero-order valence-electron chi connectivity index (χ0n) is 13.9. The van der Waals surface area contributed by atoms with Crippen LogP contribution in [-0.4, -0.2) is 21.1 Å². The van der Waals surface area contributed by atoms with Crippen molar-refractivity contribution in [3.63, 3.8) is 0 Å². The summed E-state index contributed by atoms with van der Waals surface area (Å²) in [5.74, 6) is -0.190. The third-order valence-electron chi connectivity index (χ3n) is 3.56. The van der Waals surface area contributed by atoms with Crippen LogP contribution < -0.4 is 10.9 Å². The predicted molar refractivity (Wildman–Crippen MR) is 106 cm³/mol. The Kier molecular flexibility index (Phi) is 5.75. The molecular weight excluding hydrogens is 370 g/mol. The molecule has 132 valence electrons. The summed E-state index contributed by atoms with van der Waals surface area (Å²) in [4.78, 5) is 31.4. The first kappa shape index (κ1) is 18.2. The maximum Gasteiger partial charge on any atom is 0.252 e. The van der Waals surface area contributed by atoms with Crippen LogP contribution in [0.1, 0.15) is 6.92 Å². The number of amides is 1. The molecule has 3 aromatic rings. The molecule has 0 aliphatic carbocycles. The Morgan fingerprint density at radius 1 is 1.15 bits per heavy atom. The van der Waals surface area contributed by atoms with Crippen molar-refractivity contribution in [2.45, 2.75) is 17.3 Å². The molecule has 5 nitrogen and oxygen atoms in total. The summed E-state index contributed by atoms with van der Waals surface area (Å²) in [5, 5.41) is 3.37. The first-order valence-electron chi connectivity index (χ1n) is 7.91. The quantitative estimate of drug-likeness (QED) is 0.509. The molecule has 1 amide bonds. The minimum Gasteiger partial charge on any atom is -0.325 e. The third kappa shape index (κ3) is 4.74. The molecule has 0 saturated carbocycles. The topological polar surface area (TPSA) is 74.8 Å². The minimum absolute atomic E-state index is 0.190. The van der Waals surface area contributed by atoms with Crippen LogP contribution in [0.3, 0.4) is 0 Å². The van der Waals surface area contributed by atoms with Crippen LogP contribution in [0.25, 0.3) is 11.3 Å². The van der Waals surface area contributed by atoms with Crippen LogP contribution in [0.15, 0.2) is 70.6 Å². The average molecular weight is 386 g/mol. The summed E-state index contributed by atoms with van der Waals surface area (Å²) in [5.41, 5.74) is 1.82. The zero-order valence-corrected chi connectivity index (χ0v) is 15.5. The number of benzene rings is 2. The number of halogens is 1. The van der Waals surface area contributed by atoms with Crippen LogP contribution in [0.4, 0.5) is 5.69 Å². The van der Waals surface area contributed by atoms with Crippen molar-refractivity contribution in [3.8, 4) is 11.3 Å². The van der Waals surface area contributed by atoms with Crippen LogP contribution in [-0.2, 0) is 4.79 Å². The molecule has 0 aliphatic heterocycles. The van der Waals surface area contributed by atoms with Crippen LogP contribution >= 0.6 is 23.4 Å². The highest BCUT2D eigenvalue weighted by molar-refractivity contribution is 8.00. The van der Waals surface area contributed by atoms with Crippen molar-refractivity contribution in [2.75, 3.05) is 5.32 Å². The third-order valence-corrected chi connectivity index (χ3v) is 4.80. The van der Waals surface area contributed by atoms with Gasteiger partial charge in [0.25, 0.3) is 5.56 Å². The van der Waals surface area contributed by atoms with Crippen LogP contribution in [0.2, 0.25) is 5.02 Å². The van der Waals surface area contributed by atoms with E-state index in [9.17, 15) is 9.59 Å². The molecule has 0 bridgehead atoms. The van der Waals surface area contributed by atoms with Gasteiger partial charge in [-0.2, -0.15) is 0 Å². The fourth-order valence-corrected chi connectivity index (χ4v) is 3.18. The van der Waals surface area contributed by atoms with Gasteiger partial charge in [0, 0.05) is 22.3 Å². The normalized spacial score (nSPS) is 11.8. The second kappa shape index (κ2) is 8.21. The first-order chi connectivity index (χ1) is 12.5. The van der Waals surface area contributed by atoms with E-state index in [1.165, 1.54) is 17.8 Å². The number of nitrogens with zero attached hydrogens (tertiary/aromatic N) is 1. The number of carbonyl (C=O) groups is 1. The molecule has 2 aromatic carbocycles. The molecule has 26 heavy (non-hydrogen) atoms. The van der Waals surface area contributed by atoms with Gasteiger partial charge in [0.05, 0.1) is 10.9 Å². The second-order valence-electron chi connectivity index (χ2n) is 5.56. The van der Waals surface area contributed by atoms with Gasteiger partial charge >= 0.3 is 0 Å². The van der Waals surface area contributed by atoms with E-state index < -0.39 is 5.25 Å². The number of aromatic amines is 1. The van der Waals surface area contributed by atoms with E-state index in [-0.39, 0.29) is 11.5 Å². The van der Waals surface area contributed by atoms with E-state index >= 15 is 0 Å². The molecule has 7 heteroatoms. The molecule has 1 heterocycles. The Hall–Kier alpha value is -2.57. The second-order valence-corrected chi connectivity index (χ2v) is 7.32. The van der Waals surface area contributed by atoms with Gasteiger partial charge in [0.15, 0.2) is 5.16 Å². The molecule has 3 rings (SSSR count). The fraction of sp³-hybridized carbons (Fsp3) is 0.105. The Morgan fingerprint density at radius 3 is 2.54 bits per heavy atom. The van der Waals surface area contributed by atoms with Gasteiger partial charge in [-0.3, -0.25) is 9.59 Å². The van der Waals surface area contributed by atoms with Crippen LogP contribution in [0, 0.1) is 0 Å². The fourth-order valence-electron chi connectivity index (χ4n) is 2.25. The highest BCUT2D eigenvalue weighted by Crippen LogP contribution is 2.23. The van der Waals surface area contributed by atoms with E-state index in [0.29, 0.717) is 21.6 Å². The summed E-state index contributed by atoms with van der Waals surface area (Å²) < 4.78 is 0. The number of nitrogens with one attached hydrogen (secondary N) is 2. The molecule has 0 spiro atoms. The monoisotopic (exact) mass is 385 g/mol. The Morgan fingerprint density at radius 2 is 1.85 bits per heavy atom. The first-order valence-corrected chi connectivity index (χ1v) is 9.17. The van der Waals surface area contributed by atoms with Gasteiger partial charge in [0.2, 0.25) is 5.91 Å².